The zero-order valence-electron chi connectivity index (χ0n) is 15.0. The van der Waals surface area contributed by atoms with E-state index in [1.165, 1.54) is 8.97 Å². The van der Waals surface area contributed by atoms with Crippen molar-refractivity contribution in [1.29, 1.82) is 0 Å². The number of aromatic nitrogens is 4. The summed E-state index contributed by atoms with van der Waals surface area (Å²) in [5, 5.41) is 9.57. The molecule has 0 fully saturated rings. The average Bonchev–Trinajstić information content (AvgIpc) is 3.09. The van der Waals surface area contributed by atoms with Crippen molar-refractivity contribution >= 4 is 51.6 Å². The Morgan fingerprint density at radius 2 is 1.79 bits per heavy atom. The van der Waals surface area contributed by atoms with Gasteiger partial charge in [-0.25, -0.2) is 4.40 Å². The Labute approximate surface area is 183 Å². The summed E-state index contributed by atoms with van der Waals surface area (Å²) in [7, 11) is 0. The maximum absolute atomic E-state index is 12.9. The van der Waals surface area contributed by atoms with Crippen molar-refractivity contribution in [2.24, 2.45) is 0 Å². The molecule has 0 aliphatic rings. The van der Waals surface area contributed by atoms with Crippen molar-refractivity contribution in [2.45, 2.75) is 17.8 Å². The van der Waals surface area contributed by atoms with E-state index < -0.39 is 11.2 Å². The Morgan fingerprint density at radius 1 is 1.07 bits per heavy atom. The normalized spacial score (nSPS) is 12.4. The van der Waals surface area contributed by atoms with E-state index in [1.54, 1.807) is 48.8 Å². The minimum atomic E-state index is -1.56. The summed E-state index contributed by atoms with van der Waals surface area (Å²) in [4.78, 5) is 12.9. The first kappa shape index (κ1) is 20.3. The lowest BCUT2D eigenvalue weighted by Crippen LogP contribution is -2.21. The average molecular weight is 468 g/mol. The van der Waals surface area contributed by atoms with Crippen LogP contribution < -0.4 is 5.56 Å². The van der Waals surface area contributed by atoms with Gasteiger partial charge in [0.05, 0.1) is 5.69 Å². The largest absolute Gasteiger partial charge is 0.609 e. The van der Waals surface area contributed by atoms with E-state index in [0.717, 1.165) is 5.56 Å². The quantitative estimate of drug-likeness (QED) is 0.415. The maximum Gasteiger partial charge on any atom is 0.348 e. The molecule has 4 rings (SSSR count). The maximum atomic E-state index is 12.9. The van der Waals surface area contributed by atoms with Gasteiger partial charge < -0.3 is 4.55 Å². The van der Waals surface area contributed by atoms with Crippen LogP contribution in [0.25, 0.3) is 11.3 Å². The Bertz CT molecular complexity index is 1270. The first-order chi connectivity index (χ1) is 13.8. The fourth-order valence-corrected chi connectivity index (χ4v) is 4.82. The highest BCUT2D eigenvalue weighted by Crippen LogP contribution is 2.24. The van der Waals surface area contributed by atoms with Gasteiger partial charge in [-0.05, 0) is 42.8 Å². The molecule has 0 radical (unpaired) electrons. The monoisotopic (exact) mass is 466 g/mol. The molecule has 0 spiro atoms. The number of benzene rings is 2. The Balaban J connectivity index is 1.74. The van der Waals surface area contributed by atoms with Crippen molar-refractivity contribution < 1.29 is 4.55 Å². The van der Waals surface area contributed by atoms with Gasteiger partial charge in [0, 0.05) is 44.2 Å². The number of nitrogens with zero attached hydrogens (tertiary/aromatic N) is 4. The van der Waals surface area contributed by atoms with Crippen LogP contribution in [0.5, 0.6) is 0 Å². The molecule has 0 amide bonds. The molecule has 2 aromatic carbocycles. The first-order valence-corrected chi connectivity index (χ1v) is 10.9. The second kappa shape index (κ2) is 8.01. The lowest BCUT2D eigenvalue weighted by molar-refractivity contribution is 0.583. The van der Waals surface area contributed by atoms with Crippen LogP contribution in [0, 0.1) is 6.92 Å². The molecule has 0 aliphatic heterocycles. The molecule has 2 heterocycles. The van der Waals surface area contributed by atoms with Crippen LogP contribution in [0.4, 0.5) is 0 Å². The zero-order valence-corrected chi connectivity index (χ0v) is 18.1. The van der Waals surface area contributed by atoms with Crippen LogP contribution in [-0.2, 0) is 16.9 Å². The highest BCUT2D eigenvalue weighted by atomic mass is 35.5. The van der Waals surface area contributed by atoms with E-state index in [0.29, 0.717) is 26.3 Å². The summed E-state index contributed by atoms with van der Waals surface area (Å²) in [5.41, 5.74) is 1.78. The molecule has 1 atom stereocenters. The highest BCUT2D eigenvalue weighted by Gasteiger charge is 2.23. The van der Waals surface area contributed by atoms with Crippen molar-refractivity contribution in [3.63, 3.8) is 0 Å². The van der Waals surface area contributed by atoms with Crippen LogP contribution in [0.2, 0.25) is 15.1 Å². The second-order valence-electron chi connectivity index (χ2n) is 6.30. The standard InChI is InChI=1S/C19H13Cl3N4O2S/c1-11-15(22)3-2-4-16(11)25-5-6-26-17(18(25)27)23-24-19(26)29(28)10-12-7-13(20)9-14(21)8-12/h2-9H,10H2,1H3. The second-order valence-corrected chi connectivity index (χ2v) is 8.93. The minimum absolute atomic E-state index is 0.0688. The third-order valence-electron chi connectivity index (χ3n) is 4.36. The number of hydrogen-bond acceptors (Lipinski definition) is 4. The molecule has 0 bridgehead atoms. The number of fused-ring (bicyclic) bond motifs is 1. The lowest BCUT2D eigenvalue weighted by Gasteiger charge is -2.11. The summed E-state index contributed by atoms with van der Waals surface area (Å²) >= 11 is 16.6. The Kier molecular flexibility index (Phi) is 5.59. The van der Waals surface area contributed by atoms with Crippen LogP contribution in [0.15, 0.2) is 58.7 Å². The first-order valence-electron chi connectivity index (χ1n) is 8.40. The van der Waals surface area contributed by atoms with E-state index >= 15 is 0 Å². The molecule has 2 aromatic heterocycles. The Hall–Kier alpha value is -2.03. The number of hydrogen-bond donors (Lipinski definition) is 0. The van der Waals surface area contributed by atoms with Gasteiger partial charge in [0.25, 0.3) is 0 Å². The van der Waals surface area contributed by atoms with Gasteiger partial charge in [-0.2, -0.15) is 0 Å². The SMILES string of the molecule is Cc1c(Cl)cccc1-n1ccn2c([S+]([O-])Cc3cc(Cl)cc(Cl)c3)nnc2c1=O. The fourth-order valence-electron chi connectivity index (χ4n) is 2.98. The molecule has 0 N–H and O–H groups in total. The summed E-state index contributed by atoms with van der Waals surface area (Å²) in [6, 6.07) is 10.3. The molecule has 0 saturated carbocycles. The third kappa shape index (κ3) is 3.89. The molecule has 10 heteroatoms. The molecule has 1 unspecified atom stereocenters. The van der Waals surface area contributed by atoms with E-state index in [9.17, 15) is 9.35 Å². The van der Waals surface area contributed by atoms with Crippen LogP contribution in [0.3, 0.4) is 0 Å². The smallest absolute Gasteiger partial charge is 0.348 e. The lowest BCUT2D eigenvalue weighted by atomic mass is 10.2. The predicted octanol–water partition coefficient (Wildman–Crippen LogP) is 4.46. The van der Waals surface area contributed by atoms with Gasteiger partial charge in [0.1, 0.15) is 5.75 Å². The van der Waals surface area contributed by atoms with E-state index in [1.807, 2.05) is 6.92 Å². The van der Waals surface area contributed by atoms with Gasteiger partial charge in [-0.15, -0.1) is 5.10 Å². The van der Waals surface area contributed by atoms with Crippen LogP contribution in [-0.4, -0.2) is 23.7 Å². The fraction of sp³-hybridized carbons (Fsp3) is 0.105. The Morgan fingerprint density at radius 3 is 2.52 bits per heavy atom. The topological polar surface area (TPSA) is 75.2 Å². The van der Waals surface area contributed by atoms with Crippen molar-refractivity contribution in [2.75, 3.05) is 0 Å². The molecule has 6 nitrogen and oxygen atoms in total. The van der Waals surface area contributed by atoms with Gasteiger partial charge >= 0.3 is 10.7 Å². The summed E-state index contributed by atoms with van der Waals surface area (Å²) in [6.45, 7) is 1.83. The number of rotatable bonds is 4. The number of halogens is 3. The molecule has 29 heavy (non-hydrogen) atoms. The molecular weight excluding hydrogens is 455 g/mol. The van der Waals surface area contributed by atoms with E-state index in [-0.39, 0.29) is 22.1 Å². The van der Waals surface area contributed by atoms with Gasteiger partial charge in [-0.1, -0.05) is 46.0 Å². The molecular formula is C19H13Cl3N4O2S. The molecule has 4 aromatic rings. The third-order valence-corrected chi connectivity index (χ3v) is 6.49. The van der Waals surface area contributed by atoms with E-state index in [4.69, 9.17) is 34.8 Å². The van der Waals surface area contributed by atoms with Gasteiger partial charge in [-0.3, -0.25) is 9.36 Å². The van der Waals surface area contributed by atoms with Gasteiger partial charge in [0.15, 0.2) is 0 Å². The van der Waals surface area contributed by atoms with E-state index in [2.05, 4.69) is 10.2 Å². The van der Waals surface area contributed by atoms with Crippen LogP contribution >= 0.6 is 34.8 Å². The predicted molar refractivity (Wildman–Crippen MR) is 115 cm³/mol. The minimum Gasteiger partial charge on any atom is -0.609 e. The molecule has 0 saturated heterocycles. The summed E-state index contributed by atoms with van der Waals surface area (Å²) in [5.74, 6) is 0.136. The molecule has 148 valence electrons. The highest BCUT2D eigenvalue weighted by molar-refractivity contribution is 7.90. The van der Waals surface area contributed by atoms with Gasteiger partial charge in [0.2, 0.25) is 5.65 Å². The summed E-state index contributed by atoms with van der Waals surface area (Å²) in [6.07, 6.45) is 3.18. The van der Waals surface area contributed by atoms with Crippen molar-refractivity contribution in [1.82, 2.24) is 19.2 Å². The summed E-state index contributed by atoms with van der Waals surface area (Å²) < 4.78 is 15.7. The van der Waals surface area contributed by atoms with Crippen molar-refractivity contribution in [3.8, 4) is 5.69 Å². The van der Waals surface area contributed by atoms with Crippen molar-refractivity contribution in [3.05, 3.63) is 85.3 Å². The zero-order chi connectivity index (χ0) is 20.7. The molecule has 0 aliphatic carbocycles. The van der Waals surface area contributed by atoms with Crippen LogP contribution in [0.1, 0.15) is 11.1 Å².